The van der Waals surface area contributed by atoms with Gasteiger partial charge in [-0.3, -0.25) is 4.79 Å². The van der Waals surface area contributed by atoms with Gasteiger partial charge >= 0.3 is 6.18 Å². The van der Waals surface area contributed by atoms with Crippen LogP contribution in [-0.2, 0) is 0 Å². The third-order valence-electron chi connectivity index (χ3n) is 2.30. The molecule has 1 rings (SSSR count). The molecule has 0 unspecified atom stereocenters. The van der Waals surface area contributed by atoms with Crippen LogP contribution in [0.1, 0.15) is 10.5 Å². The molecule has 0 spiro atoms. The first-order chi connectivity index (χ1) is 8.87. The van der Waals surface area contributed by atoms with E-state index in [-0.39, 0.29) is 5.69 Å². The fourth-order valence-corrected chi connectivity index (χ4v) is 1.42. The Morgan fingerprint density at radius 2 is 2.16 bits per heavy atom. The van der Waals surface area contributed by atoms with Crippen molar-refractivity contribution in [3.05, 3.63) is 24.0 Å². The molecule has 0 fully saturated rings. The Labute approximate surface area is 108 Å². The maximum Gasteiger partial charge on any atom is 0.406 e. The van der Waals surface area contributed by atoms with E-state index < -0.39 is 31.8 Å². The van der Waals surface area contributed by atoms with Gasteiger partial charge in [-0.05, 0) is 12.1 Å². The van der Waals surface area contributed by atoms with E-state index in [0.717, 1.165) is 0 Å². The van der Waals surface area contributed by atoms with Crippen LogP contribution in [0.4, 0.5) is 18.9 Å². The summed E-state index contributed by atoms with van der Waals surface area (Å²) in [5.74, 6) is -0.867. The molecular weight excluding hydrogens is 263 g/mol. The minimum atomic E-state index is -4.52. The molecule has 0 aromatic carbocycles. The van der Waals surface area contributed by atoms with Gasteiger partial charge in [0.15, 0.2) is 0 Å². The number of aliphatic hydroxyl groups excluding tert-OH is 1. The summed E-state index contributed by atoms with van der Waals surface area (Å²) in [6.07, 6.45) is -3.17. The lowest BCUT2D eigenvalue weighted by molar-refractivity contribution is -0.141. The van der Waals surface area contributed by atoms with E-state index in [1.807, 2.05) is 0 Å². The largest absolute Gasteiger partial charge is 0.406 e. The van der Waals surface area contributed by atoms with Crippen molar-refractivity contribution >= 4 is 11.6 Å². The van der Waals surface area contributed by atoms with E-state index in [1.54, 1.807) is 7.05 Å². The number of pyridine rings is 1. The Hall–Kier alpha value is -1.83. The van der Waals surface area contributed by atoms with E-state index in [0.29, 0.717) is 10.6 Å². The van der Waals surface area contributed by atoms with Crippen molar-refractivity contribution in [3.8, 4) is 0 Å². The average Bonchev–Trinajstić information content (AvgIpc) is 2.36. The third-order valence-corrected chi connectivity index (χ3v) is 2.30. The molecule has 2 N–H and O–H groups in total. The summed E-state index contributed by atoms with van der Waals surface area (Å²) in [7, 11) is 1.65. The molecule has 0 aliphatic heterocycles. The number of carbonyl (C=O) groups is 1. The number of nitrogens with one attached hydrogen (secondary N) is 1. The summed E-state index contributed by atoms with van der Waals surface area (Å²) in [6, 6.07) is 2.86. The van der Waals surface area contributed by atoms with Gasteiger partial charge in [-0.1, -0.05) is 0 Å². The predicted molar refractivity (Wildman–Crippen MR) is 62.8 cm³/mol. The first kappa shape index (κ1) is 15.2. The SMILES string of the molecule is CNc1ccc(C(=O)N(CCO)CC(F)(F)F)nc1. The van der Waals surface area contributed by atoms with E-state index in [1.165, 1.54) is 18.3 Å². The van der Waals surface area contributed by atoms with Crippen LogP contribution in [0.15, 0.2) is 18.3 Å². The Bertz CT molecular complexity index is 420. The minimum absolute atomic E-state index is 0.100. The van der Waals surface area contributed by atoms with Gasteiger partial charge in [0.1, 0.15) is 12.2 Å². The van der Waals surface area contributed by atoms with Crippen molar-refractivity contribution in [1.82, 2.24) is 9.88 Å². The van der Waals surface area contributed by atoms with Crippen LogP contribution in [0.5, 0.6) is 0 Å². The minimum Gasteiger partial charge on any atom is -0.395 e. The molecule has 19 heavy (non-hydrogen) atoms. The number of nitrogens with zero attached hydrogens (tertiary/aromatic N) is 2. The van der Waals surface area contributed by atoms with Crippen LogP contribution in [0.25, 0.3) is 0 Å². The second kappa shape index (κ2) is 6.37. The molecule has 0 saturated heterocycles. The zero-order valence-electron chi connectivity index (χ0n) is 10.2. The molecule has 8 heteroatoms. The molecule has 0 radical (unpaired) electrons. The molecule has 0 aliphatic rings. The second-order valence-electron chi connectivity index (χ2n) is 3.75. The van der Waals surface area contributed by atoms with Crippen LogP contribution < -0.4 is 5.32 Å². The Kier molecular flexibility index (Phi) is 5.11. The number of carbonyl (C=O) groups excluding carboxylic acids is 1. The third kappa shape index (κ3) is 4.74. The van der Waals surface area contributed by atoms with Crippen molar-refractivity contribution < 1.29 is 23.1 Å². The van der Waals surface area contributed by atoms with Gasteiger partial charge in [-0.25, -0.2) is 4.98 Å². The lowest BCUT2D eigenvalue weighted by Crippen LogP contribution is -2.41. The Morgan fingerprint density at radius 3 is 2.58 bits per heavy atom. The molecular formula is C11H14F3N3O2. The highest BCUT2D eigenvalue weighted by Gasteiger charge is 2.33. The molecule has 1 aromatic rings. The molecule has 1 amide bonds. The number of alkyl halides is 3. The lowest BCUT2D eigenvalue weighted by Gasteiger charge is -2.22. The number of hydrogen-bond donors (Lipinski definition) is 2. The highest BCUT2D eigenvalue weighted by Crippen LogP contribution is 2.18. The van der Waals surface area contributed by atoms with Gasteiger partial charge in [-0.2, -0.15) is 13.2 Å². The van der Waals surface area contributed by atoms with Crippen molar-refractivity contribution in [1.29, 1.82) is 0 Å². The smallest absolute Gasteiger partial charge is 0.395 e. The van der Waals surface area contributed by atoms with Gasteiger partial charge in [0.25, 0.3) is 5.91 Å². The molecule has 5 nitrogen and oxygen atoms in total. The Balaban J connectivity index is 2.85. The fraction of sp³-hybridized carbons (Fsp3) is 0.455. The zero-order valence-corrected chi connectivity index (χ0v) is 10.2. The standard InChI is InChI=1S/C11H14F3N3O2/c1-15-8-2-3-9(16-6-8)10(19)17(4-5-18)7-11(12,13)14/h2-3,6,15,18H,4-5,7H2,1H3. The number of aliphatic hydroxyl groups is 1. The predicted octanol–water partition coefficient (Wildman–Crippen LogP) is 1.12. The van der Waals surface area contributed by atoms with E-state index in [9.17, 15) is 18.0 Å². The monoisotopic (exact) mass is 277 g/mol. The topological polar surface area (TPSA) is 65.5 Å². The van der Waals surface area contributed by atoms with Crippen molar-refractivity contribution in [2.75, 3.05) is 32.1 Å². The molecule has 0 saturated carbocycles. The van der Waals surface area contributed by atoms with E-state index in [4.69, 9.17) is 5.11 Å². The van der Waals surface area contributed by atoms with Gasteiger partial charge < -0.3 is 15.3 Å². The van der Waals surface area contributed by atoms with Crippen LogP contribution in [0.3, 0.4) is 0 Å². The highest BCUT2D eigenvalue weighted by atomic mass is 19.4. The number of aromatic nitrogens is 1. The van der Waals surface area contributed by atoms with Gasteiger partial charge in [0.05, 0.1) is 18.5 Å². The normalized spacial score (nSPS) is 11.2. The first-order valence-corrected chi connectivity index (χ1v) is 5.48. The summed E-state index contributed by atoms with van der Waals surface area (Å²) in [6.45, 7) is -2.36. The summed E-state index contributed by atoms with van der Waals surface area (Å²) in [5.41, 5.74) is 0.540. The van der Waals surface area contributed by atoms with Crippen LogP contribution in [0.2, 0.25) is 0 Å². The summed E-state index contributed by atoms with van der Waals surface area (Å²) >= 11 is 0. The summed E-state index contributed by atoms with van der Waals surface area (Å²) in [5, 5.41) is 11.5. The number of anilines is 1. The fourth-order valence-electron chi connectivity index (χ4n) is 1.42. The van der Waals surface area contributed by atoms with Crippen molar-refractivity contribution in [2.45, 2.75) is 6.18 Å². The molecule has 0 bridgehead atoms. The number of hydrogen-bond acceptors (Lipinski definition) is 4. The molecule has 1 aromatic heterocycles. The highest BCUT2D eigenvalue weighted by molar-refractivity contribution is 5.92. The quantitative estimate of drug-likeness (QED) is 0.846. The second-order valence-corrected chi connectivity index (χ2v) is 3.75. The van der Waals surface area contributed by atoms with Crippen molar-refractivity contribution in [3.63, 3.8) is 0 Å². The molecule has 1 heterocycles. The van der Waals surface area contributed by atoms with E-state index >= 15 is 0 Å². The molecule has 0 aliphatic carbocycles. The van der Waals surface area contributed by atoms with Crippen molar-refractivity contribution in [2.24, 2.45) is 0 Å². The average molecular weight is 277 g/mol. The number of rotatable bonds is 5. The molecule has 106 valence electrons. The maximum absolute atomic E-state index is 12.3. The van der Waals surface area contributed by atoms with Crippen LogP contribution in [-0.4, -0.2) is 53.8 Å². The number of amides is 1. The van der Waals surface area contributed by atoms with Gasteiger partial charge in [0.2, 0.25) is 0 Å². The van der Waals surface area contributed by atoms with Crippen LogP contribution in [0, 0.1) is 0 Å². The van der Waals surface area contributed by atoms with Gasteiger partial charge in [-0.15, -0.1) is 0 Å². The molecule has 0 atom stereocenters. The number of halogens is 3. The summed E-state index contributed by atoms with van der Waals surface area (Å²) < 4.78 is 37.0. The van der Waals surface area contributed by atoms with Crippen LogP contribution >= 0.6 is 0 Å². The lowest BCUT2D eigenvalue weighted by atomic mass is 10.3. The Morgan fingerprint density at radius 1 is 1.47 bits per heavy atom. The zero-order chi connectivity index (χ0) is 14.5. The summed E-state index contributed by atoms with van der Waals surface area (Å²) in [4.78, 5) is 16.1. The first-order valence-electron chi connectivity index (χ1n) is 5.48. The van der Waals surface area contributed by atoms with E-state index in [2.05, 4.69) is 10.3 Å². The van der Waals surface area contributed by atoms with Gasteiger partial charge in [0, 0.05) is 13.6 Å². The maximum atomic E-state index is 12.3.